The van der Waals surface area contributed by atoms with E-state index in [0.717, 1.165) is 43.5 Å². The van der Waals surface area contributed by atoms with Crippen LogP contribution in [0, 0.1) is 11.8 Å². The summed E-state index contributed by atoms with van der Waals surface area (Å²) in [5.74, 6) is 1.02. The minimum absolute atomic E-state index is 0.228. The molecule has 0 bridgehead atoms. The van der Waals surface area contributed by atoms with E-state index in [0.29, 0.717) is 5.92 Å². The van der Waals surface area contributed by atoms with Crippen molar-refractivity contribution in [3.05, 3.63) is 226 Å². The van der Waals surface area contributed by atoms with Gasteiger partial charge in [0, 0.05) is 29.4 Å². The van der Waals surface area contributed by atoms with E-state index in [-0.39, 0.29) is 17.8 Å². The van der Waals surface area contributed by atoms with Crippen molar-refractivity contribution >= 4 is 5.69 Å². The third kappa shape index (κ3) is 10.3. The van der Waals surface area contributed by atoms with Crippen LogP contribution in [0.4, 0.5) is 5.69 Å². The maximum absolute atomic E-state index is 4.17. The van der Waals surface area contributed by atoms with Crippen molar-refractivity contribution in [2.45, 2.75) is 43.9 Å². The number of hydrogen-bond acceptors (Lipinski definition) is 1. The van der Waals surface area contributed by atoms with E-state index in [1.807, 2.05) is 36.4 Å². The lowest BCUT2D eigenvalue weighted by molar-refractivity contribution is 0.574. The van der Waals surface area contributed by atoms with Gasteiger partial charge >= 0.3 is 0 Å². The van der Waals surface area contributed by atoms with Crippen LogP contribution in [-0.4, -0.2) is 0 Å². The normalized spacial score (nSPS) is 15.4. The summed E-state index contributed by atoms with van der Waals surface area (Å²) in [5, 5.41) is 0. The third-order valence-corrected chi connectivity index (χ3v) is 9.31. The van der Waals surface area contributed by atoms with E-state index < -0.39 is 0 Å². The van der Waals surface area contributed by atoms with Gasteiger partial charge in [-0.25, -0.2) is 0 Å². The molecule has 0 spiro atoms. The molecule has 0 fully saturated rings. The molecule has 0 saturated carbocycles. The van der Waals surface area contributed by atoms with Crippen LogP contribution in [0.15, 0.2) is 215 Å². The van der Waals surface area contributed by atoms with Crippen LogP contribution >= 0.6 is 0 Å². The van der Waals surface area contributed by atoms with Gasteiger partial charge in [0.05, 0.1) is 0 Å². The van der Waals surface area contributed by atoms with Crippen LogP contribution in [0.3, 0.4) is 0 Å². The van der Waals surface area contributed by atoms with Crippen molar-refractivity contribution in [1.29, 1.82) is 0 Å². The van der Waals surface area contributed by atoms with Crippen molar-refractivity contribution < 1.29 is 0 Å². The minimum atomic E-state index is 0.228. The first-order valence-corrected chi connectivity index (χ1v) is 17.7. The lowest BCUT2D eigenvalue weighted by Gasteiger charge is -2.27. The van der Waals surface area contributed by atoms with Crippen LogP contribution in [0.1, 0.15) is 55.1 Å². The lowest BCUT2D eigenvalue weighted by atomic mass is 9.77. The summed E-state index contributed by atoms with van der Waals surface area (Å²) in [6, 6.07) is 28.3. The Labute approximate surface area is 302 Å². The molecular formula is C49H53N. The SMILES string of the molecule is C=CCC(C=C)C=CC=C(C=C)N(C=CCC(C=C)c1ccccc1)c1ccc(-c2ccc(C(C3=CCCC=C3)C(C=C)CC=C)cc2)cc1. The van der Waals surface area contributed by atoms with E-state index in [4.69, 9.17) is 0 Å². The standard InChI is InChI=1S/C49H53N/c1-7-21-39(9-3)23-19-29-47(12-6)50(38-20-28-40(10-4)42-24-15-13-16-25-42)48-36-34-44(35-37-48)43-30-32-46(33-31-43)49(41(11-5)22-8-2)45-26-17-14-18-27-45/h7-13,15-17,19-20,23-27,29-41,49H,1-6,14,18,21-22,28H2. The zero-order valence-corrected chi connectivity index (χ0v) is 29.6. The average molecular weight is 656 g/mol. The molecule has 0 saturated heterocycles. The lowest BCUT2D eigenvalue weighted by Crippen LogP contribution is -2.14. The number of hydrogen-bond donors (Lipinski definition) is 0. The number of benzene rings is 3. The average Bonchev–Trinajstić information content (AvgIpc) is 3.17. The molecule has 0 N–H and O–H groups in total. The van der Waals surface area contributed by atoms with Crippen molar-refractivity contribution in [1.82, 2.24) is 0 Å². The van der Waals surface area contributed by atoms with Gasteiger partial charge in [-0.3, -0.25) is 0 Å². The molecule has 1 nitrogen and oxygen atoms in total. The summed E-state index contributed by atoms with van der Waals surface area (Å²) in [6.07, 6.45) is 34.3. The molecule has 1 aliphatic carbocycles. The second-order valence-electron chi connectivity index (χ2n) is 12.6. The first-order valence-electron chi connectivity index (χ1n) is 17.7. The Morgan fingerprint density at radius 2 is 1.40 bits per heavy atom. The Morgan fingerprint density at radius 1 is 0.700 bits per heavy atom. The molecule has 0 aliphatic heterocycles. The second kappa shape index (κ2) is 20.2. The topological polar surface area (TPSA) is 3.24 Å². The second-order valence-corrected chi connectivity index (χ2v) is 12.6. The molecule has 1 aliphatic rings. The molecule has 1 heteroatoms. The van der Waals surface area contributed by atoms with E-state index in [2.05, 4.69) is 172 Å². The number of nitrogens with zero attached hydrogens (tertiary/aromatic N) is 1. The highest BCUT2D eigenvalue weighted by Crippen LogP contribution is 2.38. The molecule has 0 aromatic heterocycles. The van der Waals surface area contributed by atoms with Gasteiger partial charge in [0.1, 0.15) is 0 Å². The molecule has 254 valence electrons. The van der Waals surface area contributed by atoms with E-state index in [1.54, 1.807) is 0 Å². The molecule has 4 rings (SSSR count). The number of allylic oxidation sites excluding steroid dienone is 14. The molecule has 0 heterocycles. The highest BCUT2D eigenvalue weighted by atomic mass is 15.1. The molecule has 4 atom stereocenters. The molecule has 0 radical (unpaired) electrons. The smallest absolute Gasteiger partial charge is 0.0455 e. The summed E-state index contributed by atoms with van der Waals surface area (Å²) < 4.78 is 0. The van der Waals surface area contributed by atoms with Crippen molar-refractivity contribution in [2.75, 3.05) is 4.90 Å². The summed E-state index contributed by atoms with van der Waals surface area (Å²) in [5.41, 5.74) is 8.31. The van der Waals surface area contributed by atoms with Crippen molar-refractivity contribution in [3.8, 4) is 11.1 Å². The maximum atomic E-state index is 4.17. The first kappa shape index (κ1) is 37.4. The quantitative estimate of drug-likeness (QED) is 0.0865. The summed E-state index contributed by atoms with van der Waals surface area (Å²) in [6.45, 7) is 24.3. The third-order valence-electron chi connectivity index (χ3n) is 9.31. The molecule has 50 heavy (non-hydrogen) atoms. The number of rotatable bonds is 20. The fourth-order valence-electron chi connectivity index (χ4n) is 6.50. The predicted octanol–water partition coefficient (Wildman–Crippen LogP) is 13.8. The minimum Gasteiger partial charge on any atom is -0.318 e. The van der Waals surface area contributed by atoms with E-state index in [1.165, 1.54) is 27.8 Å². The van der Waals surface area contributed by atoms with Crippen LogP contribution in [-0.2, 0) is 0 Å². The van der Waals surface area contributed by atoms with Gasteiger partial charge < -0.3 is 4.90 Å². The highest BCUT2D eigenvalue weighted by Gasteiger charge is 2.23. The fourth-order valence-corrected chi connectivity index (χ4v) is 6.50. The van der Waals surface area contributed by atoms with Gasteiger partial charge in [-0.1, -0.05) is 140 Å². The van der Waals surface area contributed by atoms with E-state index >= 15 is 0 Å². The Balaban J connectivity index is 1.63. The zero-order chi connectivity index (χ0) is 35.6. The predicted molar refractivity (Wildman–Crippen MR) is 221 cm³/mol. The maximum Gasteiger partial charge on any atom is 0.0455 e. The van der Waals surface area contributed by atoms with Gasteiger partial charge in [-0.2, -0.15) is 0 Å². The van der Waals surface area contributed by atoms with Gasteiger partial charge in [0.15, 0.2) is 0 Å². The summed E-state index contributed by atoms with van der Waals surface area (Å²) in [4.78, 5) is 2.19. The Hall–Kier alpha value is -5.40. The van der Waals surface area contributed by atoms with Crippen LogP contribution < -0.4 is 4.90 Å². The largest absolute Gasteiger partial charge is 0.318 e. The van der Waals surface area contributed by atoms with Crippen molar-refractivity contribution in [3.63, 3.8) is 0 Å². The molecule has 0 amide bonds. The van der Waals surface area contributed by atoms with Crippen molar-refractivity contribution in [2.24, 2.45) is 11.8 Å². The number of anilines is 1. The molecule has 3 aromatic rings. The van der Waals surface area contributed by atoms with Crippen LogP contribution in [0.25, 0.3) is 11.1 Å². The molecular weight excluding hydrogens is 603 g/mol. The first-order chi connectivity index (χ1) is 24.6. The zero-order valence-electron chi connectivity index (χ0n) is 29.6. The van der Waals surface area contributed by atoms with Crippen LogP contribution in [0.5, 0.6) is 0 Å². The van der Waals surface area contributed by atoms with Gasteiger partial charge in [-0.15, -0.1) is 32.9 Å². The molecule has 3 aromatic carbocycles. The summed E-state index contributed by atoms with van der Waals surface area (Å²) in [7, 11) is 0. The fraction of sp³-hybridized carbons (Fsp3) is 0.184. The molecule has 4 unspecified atom stereocenters. The van der Waals surface area contributed by atoms with Crippen LogP contribution in [0.2, 0.25) is 0 Å². The van der Waals surface area contributed by atoms with E-state index in [9.17, 15) is 0 Å². The van der Waals surface area contributed by atoms with Gasteiger partial charge in [0.2, 0.25) is 0 Å². The Kier molecular flexibility index (Phi) is 15.1. The summed E-state index contributed by atoms with van der Waals surface area (Å²) >= 11 is 0. The monoisotopic (exact) mass is 655 g/mol. The van der Waals surface area contributed by atoms with Gasteiger partial charge in [-0.05, 0) is 96.1 Å². The Bertz CT molecular complexity index is 1720. The Morgan fingerprint density at radius 3 is 1.98 bits per heavy atom. The van der Waals surface area contributed by atoms with Gasteiger partial charge in [0.25, 0.3) is 0 Å². The highest BCUT2D eigenvalue weighted by molar-refractivity contribution is 5.69.